The molecule has 1 aromatic rings. The van der Waals surface area contributed by atoms with Crippen molar-refractivity contribution in [1.29, 1.82) is 0 Å². The summed E-state index contributed by atoms with van der Waals surface area (Å²) in [5.74, 6) is 0. The highest BCUT2D eigenvalue weighted by Gasteiger charge is 2.03. The molecule has 0 saturated carbocycles. The van der Waals surface area contributed by atoms with E-state index in [-0.39, 0.29) is 24.2 Å². The number of aromatic nitrogens is 2. The number of aromatic amines is 1. The van der Waals surface area contributed by atoms with Crippen LogP contribution in [0.15, 0.2) is 21.7 Å². The topological polar surface area (TPSA) is 101 Å². The van der Waals surface area contributed by atoms with Crippen molar-refractivity contribution in [2.24, 2.45) is 5.73 Å². The van der Waals surface area contributed by atoms with E-state index in [0.29, 0.717) is 0 Å². The Kier molecular flexibility index (Phi) is 2.99. The first-order valence-corrected chi connectivity index (χ1v) is 3.82. The van der Waals surface area contributed by atoms with Crippen LogP contribution in [0.1, 0.15) is 0 Å². The second-order valence-electron chi connectivity index (χ2n) is 2.65. The summed E-state index contributed by atoms with van der Waals surface area (Å²) in [4.78, 5) is 21.8. The van der Waals surface area contributed by atoms with Crippen molar-refractivity contribution in [1.82, 2.24) is 9.78 Å². The van der Waals surface area contributed by atoms with Crippen LogP contribution in [-0.2, 0) is 6.54 Å². The largest absolute Gasteiger partial charge is 0.390 e. The highest BCUT2D eigenvalue weighted by molar-refractivity contribution is 4.86. The van der Waals surface area contributed by atoms with Crippen LogP contribution < -0.4 is 16.9 Å². The molecule has 0 bridgehead atoms. The van der Waals surface area contributed by atoms with E-state index in [0.717, 1.165) is 16.8 Å². The third-order valence-electron chi connectivity index (χ3n) is 1.55. The van der Waals surface area contributed by atoms with Gasteiger partial charge in [0.05, 0.1) is 12.6 Å². The zero-order chi connectivity index (χ0) is 9.84. The van der Waals surface area contributed by atoms with Crippen molar-refractivity contribution in [2.45, 2.75) is 12.6 Å². The van der Waals surface area contributed by atoms with Crippen LogP contribution in [0.25, 0.3) is 0 Å². The minimum atomic E-state index is -0.823. The SMILES string of the molecule is NCC(O)Cn1[nH]c(=O)ccc1=O. The van der Waals surface area contributed by atoms with Gasteiger partial charge in [0.1, 0.15) is 0 Å². The number of hydrogen-bond acceptors (Lipinski definition) is 4. The lowest BCUT2D eigenvalue weighted by Crippen LogP contribution is -2.35. The summed E-state index contributed by atoms with van der Waals surface area (Å²) in [6, 6.07) is 2.27. The third-order valence-corrected chi connectivity index (χ3v) is 1.55. The van der Waals surface area contributed by atoms with Gasteiger partial charge in [0, 0.05) is 18.7 Å². The Morgan fingerprint density at radius 1 is 1.54 bits per heavy atom. The molecule has 0 aromatic carbocycles. The maximum atomic E-state index is 11.1. The highest BCUT2D eigenvalue weighted by Crippen LogP contribution is 1.81. The van der Waals surface area contributed by atoms with Gasteiger partial charge in [-0.15, -0.1) is 0 Å². The van der Waals surface area contributed by atoms with E-state index in [1.54, 1.807) is 0 Å². The molecular weight excluding hydrogens is 174 g/mol. The van der Waals surface area contributed by atoms with E-state index >= 15 is 0 Å². The van der Waals surface area contributed by atoms with Gasteiger partial charge in [0.2, 0.25) is 0 Å². The summed E-state index contributed by atoms with van der Waals surface area (Å²) in [5, 5.41) is 11.4. The van der Waals surface area contributed by atoms with Crippen molar-refractivity contribution in [3.63, 3.8) is 0 Å². The average Bonchev–Trinajstić information content (AvgIpc) is 2.11. The number of aliphatic hydroxyl groups excluding tert-OH is 1. The smallest absolute Gasteiger partial charge is 0.265 e. The molecule has 1 atom stereocenters. The Labute approximate surface area is 73.6 Å². The molecule has 0 spiro atoms. The Balaban J connectivity index is 2.94. The monoisotopic (exact) mass is 185 g/mol. The fraction of sp³-hybridized carbons (Fsp3) is 0.429. The van der Waals surface area contributed by atoms with Gasteiger partial charge in [0.15, 0.2) is 0 Å². The summed E-state index contributed by atoms with van der Waals surface area (Å²) >= 11 is 0. The molecule has 0 saturated heterocycles. The number of aliphatic hydroxyl groups is 1. The van der Waals surface area contributed by atoms with Crippen LogP contribution in [0.2, 0.25) is 0 Å². The molecule has 0 aliphatic heterocycles. The molecule has 1 unspecified atom stereocenters. The fourth-order valence-electron chi connectivity index (χ4n) is 0.883. The molecule has 1 heterocycles. The lowest BCUT2D eigenvalue weighted by atomic mass is 10.3. The third kappa shape index (κ3) is 2.53. The van der Waals surface area contributed by atoms with Crippen LogP contribution in [0, 0.1) is 0 Å². The van der Waals surface area contributed by atoms with E-state index in [9.17, 15) is 9.59 Å². The van der Waals surface area contributed by atoms with Gasteiger partial charge in [-0.1, -0.05) is 0 Å². The van der Waals surface area contributed by atoms with Crippen molar-refractivity contribution in [3.8, 4) is 0 Å². The van der Waals surface area contributed by atoms with Gasteiger partial charge >= 0.3 is 0 Å². The molecule has 0 amide bonds. The van der Waals surface area contributed by atoms with Crippen molar-refractivity contribution >= 4 is 0 Å². The van der Waals surface area contributed by atoms with Crippen LogP contribution >= 0.6 is 0 Å². The number of nitrogens with zero attached hydrogens (tertiary/aromatic N) is 1. The second kappa shape index (κ2) is 4.01. The van der Waals surface area contributed by atoms with Gasteiger partial charge in [-0.2, -0.15) is 0 Å². The second-order valence-corrected chi connectivity index (χ2v) is 2.65. The Bertz CT molecular complexity index is 381. The molecule has 0 radical (unpaired) electrons. The lowest BCUT2D eigenvalue weighted by Gasteiger charge is -2.08. The molecule has 72 valence electrons. The molecule has 4 N–H and O–H groups in total. The predicted molar refractivity (Wildman–Crippen MR) is 46.4 cm³/mol. The van der Waals surface area contributed by atoms with Gasteiger partial charge in [-0.05, 0) is 0 Å². The summed E-state index contributed by atoms with van der Waals surface area (Å²) < 4.78 is 1.03. The van der Waals surface area contributed by atoms with Gasteiger partial charge < -0.3 is 10.8 Å². The van der Waals surface area contributed by atoms with Gasteiger partial charge in [0.25, 0.3) is 11.1 Å². The molecule has 0 aliphatic carbocycles. The fourth-order valence-corrected chi connectivity index (χ4v) is 0.883. The van der Waals surface area contributed by atoms with Crippen molar-refractivity contribution in [2.75, 3.05) is 6.54 Å². The first kappa shape index (κ1) is 9.69. The van der Waals surface area contributed by atoms with E-state index in [2.05, 4.69) is 5.10 Å². The zero-order valence-electron chi connectivity index (χ0n) is 6.93. The molecule has 13 heavy (non-hydrogen) atoms. The Morgan fingerprint density at radius 2 is 2.23 bits per heavy atom. The maximum absolute atomic E-state index is 11.1. The van der Waals surface area contributed by atoms with E-state index in [1.807, 2.05) is 0 Å². The van der Waals surface area contributed by atoms with Crippen molar-refractivity contribution < 1.29 is 5.11 Å². The van der Waals surface area contributed by atoms with Gasteiger partial charge in [-0.25, -0.2) is 4.68 Å². The standard InChI is InChI=1S/C7H11N3O3/c8-3-5(11)4-10-7(13)2-1-6(12)9-10/h1-2,5,11H,3-4,8H2,(H,9,12). The molecular formula is C7H11N3O3. The first-order chi connectivity index (χ1) is 6.13. The average molecular weight is 185 g/mol. The quantitative estimate of drug-likeness (QED) is 0.500. The molecule has 6 heteroatoms. The zero-order valence-corrected chi connectivity index (χ0v) is 6.93. The lowest BCUT2D eigenvalue weighted by molar-refractivity contribution is 0.154. The van der Waals surface area contributed by atoms with Crippen LogP contribution in [0.4, 0.5) is 0 Å². The first-order valence-electron chi connectivity index (χ1n) is 3.82. The number of nitrogens with two attached hydrogens (primary N) is 1. The van der Waals surface area contributed by atoms with Crippen molar-refractivity contribution in [3.05, 3.63) is 32.8 Å². The van der Waals surface area contributed by atoms with E-state index < -0.39 is 6.10 Å². The minimum absolute atomic E-state index is 0.00537. The molecule has 1 aromatic heterocycles. The number of nitrogens with one attached hydrogen (secondary N) is 1. The molecule has 0 aliphatic rings. The van der Waals surface area contributed by atoms with Crippen LogP contribution in [-0.4, -0.2) is 27.5 Å². The van der Waals surface area contributed by atoms with E-state index in [1.165, 1.54) is 0 Å². The summed E-state index contributed by atoms with van der Waals surface area (Å²) in [7, 11) is 0. The Morgan fingerprint density at radius 3 is 2.85 bits per heavy atom. The number of rotatable bonds is 3. The highest BCUT2D eigenvalue weighted by atomic mass is 16.3. The molecule has 0 fully saturated rings. The van der Waals surface area contributed by atoms with E-state index in [4.69, 9.17) is 10.8 Å². The van der Waals surface area contributed by atoms with Gasteiger partial charge in [-0.3, -0.25) is 14.7 Å². The Hall–Kier alpha value is -1.40. The summed E-state index contributed by atoms with van der Waals surface area (Å²) in [6.45, 7) is 0.0504. The summed E-state index contributed by atoms with van der Waals surface area (Å²) in [6.07, 6.45) is -0.823. The molecule has 1 rings (SSSR count). The number of hydrogen-bond donors (Lipinski definition) is 3. The maximum Gasteiger partial charge on any atom is 0.265 e. The normalized spacial score (nSPS) is 12.8. The van der Waals surface area contributed by atoms with Crippen LogP contribution in [0.5, 0.6) is 0 Å². The molecule has 6 nitrogen and oxygen atoms in total. The summed E-state index contributed by atoms with van der Waals surface area (Å²) in [5.41, 5.74) is 4.40. The van der Waals surface area contributed by atoms with Crippen LogP contribution in [0.3, 0.4) is 0 Å². The number of H-pyrrole nitrogens is 1. The minimum Gasteiger partial charge on any atom is -0.390 e. The predicted octanol–water partition coefficient (Wildman–Crippen LogP) is -2.14.